The summed E-state index contributed by atoms with van der Waals surface area (Å²) < 4.78 is 10.3. The van der Waals surface area contributed by atoms with Gasteiger partial charge < -0.3 is 9.47 Å². The number of hydrogen-bond donors (Lipinski definition) is 0. The van der Waals surface area contributed by atoms with Gasteiger partial charge in [-0.2, -0.15) is 0 Å². The molecule has 5 heteroatoms. The van der Waals surface area contributed by atoms with Crippen LogP contribution in [0, 0.1) is 11.3 Å². The van der Waals surface area contributed by atoms with Crippen molar-refractivity contribution in [1.29, 1.82) is 0 Å². The summed E-state index contributed by atoms with van der Waals surface area (Å²) in [5.74, 6) is -1.36. The summed E-state index contributed by atoms with van der Waals surface area (Å²) in [7, 11) is 4.59. The Kier molecular flexibility index (Phi) is 5.61. The molecule has 2 aromatic carbocycles. The second-order valence-electron chi connectivity index (χ2n) is 6.99. The molecule has 5 nitrogen and oxygen atoms in total. The molecule has 1 aliphatic heterocycles. The minimum Gasteiger partial charge on any atom is -0.468 e. The van der Waals surface area contributed by atoms with Crippen molar-refractivity contribution in [3.05, 3.63) is 71.8 Å². The smallest absolute Gasteiger partial charge is 0.325 e. The van der Waals surface area contributed by atoms with Gasteiger partial charge in [-0.05, 0) is 24.6 Å². The molecule has 0 aliphatic carbocycles. The monoisotopic (exact) mass is 367 g/mol. The predicted octanol–water partition coefficient (Wildman–Crippen LogP) is 2.86. The molecule has 0 N–H and O–H groups in total. The maximum atomic E-state index is 13.1. The molecular formula is C22H25NO4. The van der Waals surface area contributed by atoms with Gasteiger partial charge in [-0.25, -0.2) is 0 Å². The summed E-state index contributed by atoms with van der Waals surface area (Å²) in [4.78, 5) is 28.3. The Balaban J connectivity index is 2.14. The van der Waals surface area contributed by atoms with Crippen molar-refractivity contribution in [2.75, 3.05) is 27.8 Å². The van der Waals surface area contributed by atoms with E-state index in [1.807, 2.05) is 67.7 Å². The van der Waals surface area contributed by atoms with Gasteiger partial charge in [-0.3, -0.25) is 14.5 Å². The molecule has 142 valence electrons. The van der Waals surface area contributed by atoms with Gasteiger partial charge >= 0.3 is 11.9 Å². The number of hydrogen-bond acceptors (Lipinski definition) is 5. The lowest BCUT2D eigenvalue weighted by molar-refractivity contribution is -0.174. The van der Waals surface area contributed by atoms with Crippen LogP contribution in [0.2, 0.25) is 0 Å². The molecule has 1 saturated heterocycles. The zero-order chi connectivity index (χ0) is 19.4. The Hall–Kier alpha value is -2.66. The molecule has 0 radical (unpaired) electrons. The number of rotatable bonds is 5. The fraction of sp³-hybridized carbons (Fsp3) is 0.364. The zero-order valence-corrected chi connectivity index (χ0v) is 15.9. The number of ether oxygens (including phenoxy) is 2. The first-order valence-electron chi connectivity index (χ1n) is 9.01. The van der Waals surface area contributed by atoms with Crippen LogP contribution in [0.4, 0.5) is 0 Å². The van der Waals surface area contributed by atoms with Crippen LogP contribution in [0.1, 0.15) is 17.2 Å². The molecule has 2 atom stereocenters. The Labute approximate surface area is 159 Å². The molecule has 0 spiro atoms. The summed E-state index contributed by atoms with van der Waals surface area (Å²) in [5.41, 5.74) is 0.545. The second kappa shape index (κ2) is 7.92. The van der Waals surface area contributed by atoms with E-state index >= 15 is 0 Å². The average Bonchev–Trinajstić information content (AvgIpc) is 3.00. The molecule has 0 saturated carbocycles. The van der Waals surface area contributed by atoms with Gasteiger partial charge in [0.2, 0.25) is 0 Å². The number of carbonyl (C=O) groups excluding carboxylic acids is 2. The highest BCUT2D eigenvalue weighted by Crippen LogP contribution is 2.52. The Morgan fingerprint density at radius 3 is 2.00 bits per heavy atom. The topological polar surface area (TPSA) is 55.8 Å². The quantitative estimate of drug-likeness (QED) is 0.601. The SMILES string of the molecule is COC(=O)C1(C(=O)OC)[C@H](Cc2ccccc2)CN(C)[C@H]1c1ccccc1. The van der Waals surface area contributed by atoms with Crippen LogP contribution in [0.25, 0.3) is 0 Å². The van der Waals surface area contributed by atoms with E-state index in [-0.39, 0.29) is 5.92 Å². The standard InChI is InChI=1S/C22H25NO4/c1-23-15-18(14-16-10-6-4-7-11-16)22(20(24)26-2,21(25)27-3)19(23)17-12-8-5-9-13-17/h4-13,18-19H,14-15H2,1-3H3/t18-,19+/m1/s1. The molecule has 0 bridgehead atoms. The highest BCUT2D eigenvalue weighted by atomic mass is 16.5. The second-order valence-corrected chi connectivity index (χ2v) is 6.99. The molecule has 1 aliphatic rings. The minimum absolute atomic E-state index is 0.269. The maximum Gasteiger partial charge on any atom is 0.325 e. The molecule has 0 aromatic heterocycles. The van der Waals surface area contributed by atoms with Gasteiger partial charge in [0.05, 0.1) is 20.3 Å². The number of methoxy groups -OCH3 is 2. The Morgan fingerprint density at radius 2 is 1.48 bits per heavy atom. The van der Waals surface area contributed by atoms with Gasteiger partial charge in [0.15, 0.2) is 5.41 Å². The van der Waals surface area contributed by atoms with Crippen LogP contribution in [0.15, 0.2) is 60.7 Å². The number of nitrogens with zero attached hydrogens (tertiary/aromatic N) is 1. The highest BCUT2D eigenvalue weighted by molar-refractivity contribution is 6.02. The van der Waals surface area contributed by atoms with E-state index in [1.54, 1.807) is 0 Å². The summed E-state index contributed by atoms with van der Waals surface area (Å²) in [5, 5.41) is 0. The first-order chi connectivity index (χ1) is 13.1. The van der Waals surface area contributed by atoms with Gasteiger partial charge in [0.1, 0.15) is 0 Å². The third-order valence-electron chi connectivity index (χ3n) is 5.51. The molecule has 1 fully saturated rings. The fourth-order valence-electron chi connectivity index (χ4n) is 4.42. The molecular weight excluding hydrogens is 342 g/mol. The van der Waals surface area contributed by atoms with Crippen molar-refractivity contribution in [1.82, 2.24) is 4.90 Å². The van der Waals surface area contributed by atoms with Crippen molar-refractivity contribution in [2.45, 2.75) is 12.5 Å². The van der Waals surface area contributed by atoms with Gasteiger partial charge in [-0.1, -0.05) is 60.7 Å². The molecule has 27 heavy (non-hydrogen) atoms. The summed E-state index contributed by atoms with van der Waals surface area (Å²) in [6.45, 7) is 0.582. The Bertz CT molecular complexity index is 774. The van der Waals surface area contributed by atoms with E-state index in [9.17, 15) is 9.59 Å². The lowest BCUT2D eigenvalue weighted by Crippen LogP contribution is -2.49. The number of carbonyl (C=O) groups is 2. The van der Waals surface area contributed by atoms with Crippen LogP contribution in [0.5, 0.6) is 0 Å². The van der Waals surface area contributed by atoms with Crippen LogP contribution in [0.3, 0.4) is 0 Å². The summed E-state index contributed by atoms with van der Waals surface area (Å²) in [6.07, 6.45) is 0.582. The van der Waals surface area contributed by atoms with E-state index in [0.29, 0.717) is 13.0 Å². The van der Waals surface area contributed by atoms with Crippen molar-refractivity contribution in [3.8, 4) is 0 Å². The summed E-state index contributed by atoms with van der Waals surface area (Å²) in [6, 6.07) is 19.0. The van der Waals surface area contributed by atoms with Crippen LogP contribution >= 0.6 is 0 Å². The lowest BCUT2D eigenvalue weighted by atomic mass is 9.68. The highest BCUT2D eigenvalue weighted by Gasteiger charge is 2.65. The Morgan fingerprint density at radius 1 is 0.963 bits per heavy atom. The van der Waals surface area contributed by atoms with E-state index < -0.39 is 23.4 Å². The van der Waals surface area contributed by atoms with E-state index in [1.165, 1.54) is 14.2 Å². The van der Waals surface area contributed by atoms with Crippen molar-refractivity contribution < 1.29 is 19.1 Å². The third-order valence-corrected chi connectivity index (χ3v) is 5.51. The van der Waals surface area contributed by atoms with E-state index in [0.717, 1.165) is 11.1 Å². The van der Waals surface area contributed by atoms with Crippen LogP contribution in [-0.2, 0) is 25.5 Å². The number of likely N-dealkylation sites (tertiary alicyclic amines) is 1. The van der Waals surface area contributed by atoms with Crippen LogP contribution < -0.4 is 0 Å². The number of esters is 2. The van der Waals surface area contributed by atoms with Gasteiger partial charge in [0, 0.05) is 12.5 Å². The zero-order valence-electron chi connectivity index (χ0n) is 15.9. The average molecular weight is 367 g/mol. The normalized spacial score (nSPS) is 21.6. The van der Waals surface area contributed by atoms with Crippen LogP contribution in [-0.4, -0.2) is 44.7 Å². The number of benzene rings is 2. The largest absolute Gasteiger partial charge is 0.468 e. The molecule has 1 heterocycles. The van der Waals surface area contributed by atoms with Crippen molar-refractivity contribution in [2.24, 2.45) is 11.3 Å². The fourth-order valence-corrected chi connectivity index (χ4v) is 4.42. The lowest BCUT2D eigenvalue weighted by Gasteiger charge is -2.35. The van der Waals surface area contributed by atoms with E-state index in [2.05, 4.69) is 4.90 Å². The molecule has 3 rings (SSSR count). The van der Waals surface area contributed by atoms with Gasteiger partial charge in [-0.15, -0.1) is 0 Å². The summed E-state index contributed by atoms with van der Waals surface area (Å²) >= 11 is 0. The maximum absolute atomic E-state index is 13.1. The van der Waals surface area contributed by atoms with Crippen molar-refractivity contribution >= 4 is 11.9 Å². The molecule has 0 amide bonds. The molecule has 2 aromatic rings. The third kappa shape index (κ3) is 3.23. The molecule has 0 unspecified atom stereocenters. The van der Waals surface area contributed by atoms with Gasteiger partial charge in [0.25, 0.3) is 0 Å². The first kappa shape index (κ1) is 19.1. The van der Waals surface area contributed by atoms with E-state index in [4.69, 9.17) is 9.47 Å². The predicted molar refractivity (Wildman–Crippen MR) is 102 cm³/mol. The first-order valence-corrected chi connectivity index (χ1v) is 9.01. The minimum atomic E-state index is -1.42. The van der Waals surface area contributed by atoms with Crippen molar-refractivity contribution in [3.63, 3.8) is 0 Å².